The molecule has 1 aliphatic heterocycles. The zero-order valence-electron chi connectivity index (χ0n) is 12.3. The Balaban J connectivity index is 2.00. The monoisotopic (exact) mass is 265 g/mol. The lowest BCUT2D eigenvalue weighted by Gasteiger charge is -2.34. The van der Waals surface area contributed by atoms with E-state index in [1.807, 2.05) is 0 Å². The minimum absolute atomic E-state index is 0.702. The van der Waals surface area contributed by atoms with Gasteiger partial charge < -0.3 is 5.32 Å². The molecule has 2 heterocycles. The van der Waals surface area contributed by atoms with Crippen molar-refractivity contribution in [2.75, 3.05) is 19.6 Å². The third-order valence-corrected chi connectivity index (χ3v) is 3.81. The lowest BCUT2D eigenvalue weighted by atomic mass is 10.0. The zero-order valence-corrected chi connectivity index (χ0v) is 12.3. The minimum Gasteiger partial charge on any atom is -0.317 e. The number of aryl methyl sites for hydroxylation is 1. The summed E-state index contributed by atoms with van der Waals surface area (Å²) in [6, 6.07) is 0.702. The molecule has 1 N–H and O–H groups in total. The summed E-state index contributed by atoms with van der Waals surface area (Å²) in [6.45, 7) is 9.80. The van der Waals surface area contributed by atoms with E-state index in [1.165, 1.54) is 19.3 Å². The van der Waals surface area contributed by atoms with E-state index in [0.717, 1.165) is 45.0 Å². The summed E-state index contributed by atoms with van der Waals surface area (Å²) in [7, 11) is 0. The van der Waals surface area contributed by atoms with Crippen LogP contribution < -0.4 is 5.32 Å². The van der Waals surface area contributed by atoms with Crippen LogP contribution in [0, 0.1) is 0 Å². The first kappa shape index (κ1) is 14.5. The second-order valence-corrected chi connectivity index (χ2v) is 5.35. The molecular formula is C14H27N5. The topological polar surface area (TPSA) is 46.0 Å². The lowest BCUT2D eigenvalue weighted by Crippen LogP contribution is -2.43. The van der Waals surface area contributed by atoms with E-state index in [9.17, 15) is 0 Å². The third-order valence-electron chi connectivity index (χ3n) is 3.81. The van der Waals surface area contributed by atoms with Gasteiger partial charge >= 0.3 is 0 Å². The van der Waals surface area contributed by atoms with Gasteiger partial charge in [-0.1, -0.05) is 13.8 Å². The van der Waals surface area contributed by atoms with E-state index < -0.39 is 0 Å². The van der Waals surface area contributed by atoms with E-state index in [4.69, 9.17) is 0 Å². The third kappa shape index (κ3) is 4.01. The molecule has 0 spiro atoms. The fourth-order valence-electron chi connectivity index (χ4n) is 2.84. The van der Waals surface area contributed by atoms with Crippen LogP contribution in [0.25, 0.3) is 0 Å². The maximum Gasteiger partial charge on any atom is 0.141 e. The molecule has 1 fully saturated rings. The maximum atomic E-state index is 4.45. The van der Waals surface area contributed by atoms with Crippen LogP contribution in [0.5, 0.6) is 0 Å². The van der Waals surface area contributed by atoms with Gasteiger partial charge in [-0.2, -0.15) is 5.10 Å². The van der Waals surface area contributed by atoms with Gasteiger partial charge in [0.1, 0.15) is 12.2 Å². The Morgan fingerprint density at radius 3 is 2.79 bits per heavy atom. The largest absolute Gasteiger partial charge is 0.317 e. The predicted octanol–water partition coefficient (Wildman–Crippen LogP) is 1.65. The van der Waals surface area contributed by atoms with Gasteiger partial charge in [0.2, 0.25) is 0 Å². The highest BCUT2D eigenvalue weighted by Gasteiger charge is 2.21. The van der Waals surface area contributed by atoms with E-state index in [2.05, 4.69) is 38.8 Å². The summed E-state index contributed by atoms with van der Waals surface area (Å²) in [5.41, 5.74) is 0. The van der Waals surface area contributed by atoms with Crippen LogP contribution in [0.2, 0.25) is 0 Å². The first-order valence-electron chi connectivity index (χ1n) is 7.66. The molecule has 1 aromatic rings. The molecule has 0 atom stereocenters. The number of piperidine rings is 1. The highest BCUT2D eigenvalue weighted by Crippen LogP contribution is 2.15. The van der Waals surface area contributed by atoms with E-state index in [-0.39, 0.29) is 0 Å². The number of rotatable bonds is 7. The summed E-state index contributed by atoms with van der Waals surface area (Å²) in [4.78, 5) is 7.04. The Morgan fingerprint density at radius 1 is 1.32 bits per heavy atom. The Hall–Kier alpha value is -0.940. The molecule has 1 aromatic heterocycles. The van der Waals surface area contributed by atoms with Gasteiger partial charge in [-0.15, -0.1) is 0 Å². The summed E-state index contributed by atoms with van der Waals surface area (Å²) in [6.07, 6.45) is 6.50. The quantitative estimate of drug-likeness (QED) is 0.814. The molecule has 0 amide bonds. The van der Waals surface area contributed by atoms with Gasteiger partial charge in [-0.25, -0.2) is 9.67 Å². The van der Waals surface area contributed by atoms with Crippen molar-refractivity contribution in [1.29, 1.82) is 0 Å². The molecular weight excluding hydrogens is 238 g/mol. The van der Waals surface area contributed by atoms with Gasteiger partial charge in [-0.3, -0.25) is 4.90 Å². The fourth-order valence-corrected chi connectivity index (χ4v) is 2.84. The van der Waals surface area contributed by atoms with Crippen molar-refractivity contribution < 1.29 is 0 Å². The number of nitrogens with one attached hydrogen (secondary N) is 1. The average molecular weight is 265 g/mol. The van der Waals surface area contributed by atoms with Crippen LogP contribution in [-0.2, 0) is 13.1 Å². The second-order valence-electron chi connectivity index (χ2n) is 5.35. The van der Waals surface area contributed by atoms with E-state index in [0.29, 0.717) is 6.04 Å². The Kier molecular flexibility index (Phi) is 5.79. The first-order chi connectivity index (χ1) is 9.35. The number of hydrogen-bond acceptors (Lipinski definition) is 4. The van der Waals surface area contributed by atoms with Crippen LogP contribution in [0.3, 0.4) is 0 Å². The van der Waals surface area contributed by atoms with Crippen LogP contribution >= 0.6 is 0 Å². The number of hydrogen-bond donors (Lipinski definition) is 1. The Labute approximate surface area is 116 Å². The van der Waals surface area contributed by atoms with Crippen LogP contribution in [-0.4, -0.2) is 45.3 Å². The molecule has 0 aliphatic carbocycles. The lowest BCUT2D eigenvalue weighted by molar-refractivity contribution is 0.148. The predicted molar refractivity (Wildman–Crippen MR) is 76.9 cm³/mol. The van der Waals surface area contributed by atoms with Gasteiger partial charge in [0.25, 0.3) is 0 Å². The standard InChI is InChI=1S/C14H27N5/c1-3-9-18(13-5-7-15-8-6-13)11-14-16-12-17-19(14)10-4-2/h12-13,15H,3-11H2,1-2H3. The molecule has 1 aliphatic rings. The molecule has 19 heavy (non-hydrogen) atoms. The SMILES string of the molecule is CCCN(Cc1ncnn1CCC)C1CCNCC1. The summed E-state index contributed by atoms with van der Waals surface area (Å²) in [5.74, 6) is 1.12. The molecule has 5 nitrogen and oxygen atoms in total. The molecule has 5 heteroatoms. The normalized spacial score (nSPS) is 17.2. The Bertz CT molecular complexity index is 356. The maximum absolute atomic E-state index is 4.45. The van der Waals surface area contributed by atoms with Crippen LogP contribution in [0.1, 0.15) is 45.4 Å². The van der Waals surface area contributed by atoms with Crippen LogP contribution in [0.4, 0.5) is 0 Å². The van der Waals surface area contributed by atoms with E-state index in [1.54, 1.807) is 6.33 Å². The van der Waals surface area contributed by atoms with Crippen molar-refractivity contribution in [3.05, 3.63) is 12.2 Å². The molecule has 1 saturated heterocycles. The molecule has 0 radical (unpaired) electrons. The van der Waals surface area contributed by atoms with Crippen molar-refractivity contribution in [1.82, 2.24) is 25.0 Å². The number of aromatic nitrogens is 3. The van der Waals surface area contributed by atoms with Gasteiger partial charge in [-0.05, 0) is 45.3 Å². The van der Waals surface area contributed by atoms with Crippen molar-refractivity contribution in [3.8, 4) is 0 Å². The average Bonchev–Trinajstić information content (AvgIpc) is 2.87. The highest BCUT2D eigenvalue weighted by molar-refractivity contribution is 4.88. The van der Waals surface area contributed by atoms with Crippen molar-refractivity contribution in [2.45, 2.75) is 58.7 Å². The second kappa shape index (κ2) is 7.60. The zero-order chi connectivity index (χ0) is 13.5. The number of nitrogens with zero attached hydrogens (tertiary/aromatic N) is 4. The van der Waals surface area contributed by atoms with Gasteiger partial charge in [0.05, 0.1) is 6.54 Å². The molecule has 0 saturated carbocycles. The van der Waals surface area contributed by atoms with Gasteiger partial charge in [0.15, 0.2) is 0 Å². The highest BCUT2D eigenvalue weighted by atomic mass is 15.3. The minimum atomic E-state index is 0.702. The van der Waals surface area contributed by atoms with Crippen molar-refractivity contribution in [3.63, 3.8) is 0 Å². The molecule has 0 aromatic carbocycles. The van der Waals surface area contributed by atoms with Crippen molar-refractivity contribution >= 4 is 0 Å². The van der Waals surface area contributed by atoms with Crippen molar-refractivity contribution in [2.24, 2.45) is 0 Å². The summed E-state index contributed by atoms with van der Waals surface area (Å²) in [5, 5.41) is 7.77. The smallest absolute Gasteiger partial charge is 0.141 e. The molecule has 0 bridgehead atoms. The first-order valence-corrected chi connectivity index (χ1v) is 7.66. The fraction of sp³-hybridized carbons (Fsp3) is 0.857. The Morgan fingerprint density at radius 2 is 2.11 bits per heavy atom. The molecule has 108 valence electrons. The summed E-state index contributed by atoms with van der Waals surface area (Å²) >= 11 is 0. The molecule has 0 unspecified atom stereocenters. The summed E-state index contributed by atoms with van der Waals surface area (Å²) < 4.78 is 2.06. The van der Waals surface area contributed by atoms with Gasteiger partial charge in [0, 0.05) is 12.6 Å². The van der Waals surface area contributed by atoms with E-state index >= 15 is 0 Å². The molecule has 2 rings (SSSR count). The van der Waals surface area contributed by atoms with Crippen LogP contribution in [0.15, 0.2) is 6.33 Å².